The number of nitrogens with zero attached hydrogens (tertiary/aromatic N) is 1. The Morgan fingerprint density at radius 2 is 2.06 bits per heavy atom. The van der Waals surface area contributed by atoms with Gasteiger partial charge in [-0.25, -0.2) is 0 Å². The third-order valence-electron chi connectivity index (χ3n) is 3.00. The lowest BCUT2D eigenvalue weighted by molar-refractivity contribution is -0.131. The van der Waals surface area contributed by atoms with Crippen LogP contribution in [0.5, 0.6) is 0 Å². The molecule has 0 unspecified atom stereocenters. The van der Waals surface area contributed by atoms with E-state index in [9.17, 15) is 4.79 Å². The first-order valence-electron chi connectivity index (χ1n) is 5.91. The maximum Gasteiger partial charge on any atom is 0.227 e. The minimum Gasteiger partial charge on any atom is -0.340 e. The fraction of sp³-hybridized carbons (Fsp3) is 0.462. The number of amides is 1. The first kappa shape index (κ1) is 12.5. The molecule has 0 radical (unpaired) electrons. The van der Waals surface area contributed by atoms with Crippen LogP contribution in [-0.2, 0) is 11.2 Å². The Bertz CT molecular complexity index is 389. The molecule has 92 valence electrons. The summed E-state index contributed by atoms with van der Waals surface area (Å²) in [6, 6.07) is 8.14. The summed E-state index contributed by atoms with van der Waals surface area (Å²) in [4.78, 5) is 15.3. The lowest BCUT2D eigenvalue weighted by Crippen LogP contribution is -2.46. The van der Waals surface area contributed by atoms with Gasteiger partial charge in [0.2, 0.25) is 5.91 Å². The van der Waals surface area contributed by atoms with Crippen molar-refractivity contribution in [2.45, 2.75) is 11.3 Å². The lowest BCUT2D eigenvalue weighted by Gasteiger charge is -2.27. The van der Waals surface area contributed by atoms with E-state index in [2.05, 4.69) is 11.4 Å². The van der Waals surface area contributed by atoms with Crippen molar-refractivity contribution >= 4 is 17.7 Å². The first-order chi connectivity index (χ1) is 8.31. The molecule has 1 amide bonds. The molecule has 1 aliphatic heterocycles. The molecule has 1 aliphatic rings. The third kappa shape index (κ3) is 3.23. The van der Waals surface area contributed by atoms with Crippen LogP contribution in [-0.4, -0.2) is 43.2 Å². The smallest absolute Gasteiger partial charge is 0.227 e. The van der Waals surface area contributed by atoms with Crippen LogP contribution in [0, 0.1) is 0 Å². The van der Waals surface area contributed by atoms with Crippen LogP contribution in [0.3, 0.4) is 0 Å². The van der Waals surface area contributed by atoms with E-state index in [0.717, 1.165) is 31.7 Å². The Labute approximate surface area is 107 Å². The van der Waals surface area contributed by atoms with E-state index in [-0.39, 0.29) is 5.91 Å². The summed E-state index contributed by atoms with van der Waals surface area (Å²) in [6.07, 6.45) is 2.57. The van der Waals surface area contributed by atoms with Crippen molar-refractivity contribution in [3.05, 3.63) is 29.8 Å². The van der Waals surface area contributed by atoms with Gasteiger partial charge in [0.15, 0.2) is 0 Å². The summed E-state index contributed by atoms with van der Waals surface area (Å²) in [5.74, 6) is 0.244. The predicted octanol–water partition coefficient (Wildman–Crippen LogP) is 1.38. The summed E-state index contributed by atoms with van der Waals surface area (Å²) in [5, 5.41) is 3.26. The molecule has 1 fully saturated rings. The maximum absolute atomic E-state index is 12.1. The Kier molecular flexibility index (Phi) is 4.45. The highest BCUT2D eigenvalue weighted by atomic mass is 32.2. The summed E-state index contributed by atoms with van der Waals surface area (Å²) >= 11 is 1.70. The molecule has 0 aromatic heterocycles. The Morgan fingerprint density at radius 3 is 2.76 bits per heavy atom. The first-order valence-corrected chi connectivity index (χ1v) is 7.14. The molecule has 1 aromatic rings. The van der Waals surface area contributed by atoms with Crippen molar-refractivity contribution in [3.8, 4) is 0 Å². The predicted molar refractivity (Wildman–Crippen MR) is 71.4 cm³/mol. The molecule has 0 spiro atoms. The molecular weight excluding hydrogens is 232 g/mol. The van der Waals surface area contributed by atoms with Gasteiger partial charge >= 0.3 is 0 Å². The van der Waals surface area contributed by atoms with Gasteiger partial charge in [0, 0.05) is 31.1 Å². The quantitative estimate of drug-likeness (QED) is 0.823. The van der Waals surface area contributed by atoms with Crippen LogP contribution < -0.4 is 5.32 Å². The largest absolute Gasteiger partial charge is 0.340 e. The maximum atomic E-state index is 12.1. The second-order valence-corrected chi connectivity index (χ2v) is 4.97. The molecule has 0 bridgehead atoms. The fourth-order valence-electron chi connectivity index (χ4n) is 2.04. The van der Waals surface area contributed by atoms with Crippen molar-refractivity contribution in [2.24, 2.45) is 0 Å². The second-order valence-electron chi connectivity index (χ2n) is 4.12. The molecule has 17 heavy (non-hydrogen) atoms. The van der Waals surface area contributed by atoms with Gasteiger partial charge in [-0.05, 0) is 17.9 Å². The molecule has 3 nitrogen and oxygen atoms in total. The Hall–Kier alpha value is -1.00. The number of thioether (sulfide) groups is 1. The van der Waals surface area contributed by atoms with Gasteiger partial charge in [0.1, 0.15) is 0 Å². The van der Waals surface area contributed by atoms with Crippen molar-refractivity contribution < 1.29 is 4.79 Å². The average Bonchev–Trinajstić information content (AvgIpc) is 2.40. The molecule has 0 saturated carbocycles. The number of benzene rings is 1. The minimum atomic E-state index is 0.244. The zero-order chi connectivity index (χ0) is 12.1. The van der Waals surface area contributed by atoms with Crippen molar-refractivity contribution in [1.29, 1.82) is 0 Å². The highest BCUT2D eigenvalue weighted by molar-refractivity contribution is 7.98. The molecule has 1 heterocycles. The number of hydrogen-bond donors (Lipinski definition) is 1. The normalized spacial score (nSPS) is 15.9. The summed E-state index contributed by atoms with van der Waals surface area (Å²) in [7, 11) is 0. The molecule has 0 atom stereocenters. The third-order valence-corrected chi connectivity index (χ3v) is 3.84. The summed E-state index contributed by atoms with van der Waals surface area (Å²) < 4.78 is 0. The van der Waals surface area contributed by atoms with Gasteiger partial charge in [0.05, 0.1) is 6.42 Å². The Morgan fingerprint density at radius 1 is 1.35 bits per heavy atom. The molecule has 0 aliphatic carbocycles. The SMILES string of the molecule is CSc1ccccc1CC(=O)N1CCNCC1. The van der Waals surface area contributed by atoms with Gasteiger partial charge in [-0.1, -0.05) is 18.2 Å². The molecule has 2 rings (SSSR count). The highest BCUT2D eigenvalue weighted by Crippen LogP contribution is 2.20. The average molecular weight is 250 g/mol. The topological polar surface area (TPSA) is 32.3 Å². The van der Waals surface area contributed by atoms with Crippen LogP contribution in [0.2, 0.25) is 0 Å². The van der Waals surface area contributed by atoms with Gasteiger partial charge in [0.25, 0.3) is 0 Å². The van der Waals surface area contributed by atoms with Crippen molar-refractivity contribution in [3.63, 3.8) is 0 Å². The van der Waals surface area contributed by atoms with Gasteiger partial charge in [-0.2, -0.15) is 0 Å². The van der Waals surface area contributed by atoms with E-state index in [1.54, 1.807) is 11.8 Å². The van der Waals surface area contributed by atoms with E-state index in [1.807, 2.05) is 29.4 Å². The van der Waals surface area contributed by atoms with Crippen LogP contribution in [0.4, 0.5) is 0 Å². The van der Waals surface area contributed by atoms with Gasteiger partial charge < -0.3 is 10.2 Å². The number of piperazine rings is 1. The Balaban J connectivity index is 2.01. The lowest BCUT2D eigenvalue weighted by atomic mass is 10.1. The summed E-state index contributed by atoms with van der Waals surface area (Å²) in [5.41, 5.74) is 1.14. The van der Waals surface area contributed by atoms with Crippen LogP contribution >= 0.6 is 11.8 Å². The molecule has 4 heteroatoms. The zero-order valence-corrected chi connectivity index (χ0v) is 10.9. The molecule has 1 saturated heterocycles. The number of hydrogen-bond acceptors (Lipinski definition) is 3. The highest BCUT2D eigenvalue weighted by Gasteiger charge is 2.17. The monoisotopic (exact) mass is 250 g/mol. The van der Waals surface area contributed by atoms with E-state index in [4.69, 9.17) is 0 Å². The number of carbonyl (C=O) groups excluding carboxylic acids is 1. The number of carbonyl (C=O) groups is 1. The number of nitrogens with one attached hydrogen (secondary N) is 1. The zero-order valence-electron chi connectivity index (χ0n) is 10.1. The molecular formula is C13H18N2OS. The molecule has 1 aromatic carbocycles. The van der Waals surface area contributed by atoms with Crippen molar-refractivity contribution in [1.82, 2.24) is 10.2 Å². The van der Waals surface area contributed by atoms with Gasteiger partial charge in [-0.15, -0.1) is 11.8 Å². The van der Waals surface area contributed by atoms with E-state index < -0.39 is 0 Å². The minimum absolute atomic E-state index is 0.244. The second kappa shape index (κ2) is 6.07. The van der Waals surface area contributed by atoms with E-state index in [0.29, 0.717) is 6.42 Å². The van der Waals surface area contributed by atoms with E-state index >= 15 is 0 Å². The summed E-state index contributed by atoms with van der Waals surface area (Å²) in [6.45, 7) is 3.49. The number of rotatable bonds is 3. The van der Waals surface area contributed by atoms with Gasteiger partial charge in [-0.3, -0.25) is 4.79 Å². The van der Waals surface area contributed by atoms with Crippen LogP contribution in [0.15, 0.2) is 29.2 Å². The van der Waals surface area contributed by atoms with Crippen LogP contribution in [0.25, 0.3) is 0 Å². The van der Waals surface area contributed by atoms with Crippen molar-refractivity contribution in [2.75, 3.05) is 32.4 Å². The van der Waals surface area contributed by atoms with Crippen LogP contribution in [0.1, 0.15) is 5.56 Å². The van der Waals surface area contributed by atoms with E-state index in [1.165, 1.54) is 4.90 Å². The molecule has 1 N–H and O–H groups in total. The standard InChI is InChI=1S/C13H18N2OS/c1-17-12-5-3-2-4-11(12)10-13(16)15-8-6-14-7-9-15/h2-5,14H,6-10H2,1H3. The fourth-order valence-corrected chi connectivity index (χ4v) is 2.66.